The molecule has 0 radical (unpaired) electrons. The van der Waals surface area contributed by atoms with Crippen LogP contribution in [0.4, 0.5) is 0 Å². The van der Waals surface area contributed by atoms with Gasteiger partial charge < -0.3 is 9.47 Å². The number of esters is 2. The maximum atomic E-state index is 11.2. The lowest BCUT2D eigenvalue weighted by molar-refractivity contribution is -0.155. The van der Waals surface area contributed by atoms with E-state index in [0.29, 0.717) is 6.42 Å². The molecule has 0 heterocycles. The second-order valence-corrected chi connectivity index (χ2v) is 4.02. The molecule has 4 nitrogen and oxygen atoms in total. The minimum atomic E-state index is -0.456. The third-order valence-corrected chi connectivity index (χ3v) is 1.41. The largest absolute Gasteiger partial charge is 0.469 e. The smallest absolute Gasteiger partial charge is 0.306 e. The molecule has 0 atom stereocenters. The van der Waals surface area contributed by atoms with Crippen LogP contribution in [0.1, 0.15) is 40.0 Å². The second kappa shape index (κ2) is 5.62. The molecule has 0 aromatic rings. The van der Waals surface area contributed by atoms with E-state index in [1.165, 1.54) is 7.11 Å². The number of carbonyl (C=O) groups excluding carboxylic acids is 2. The summed E-state index contributed by atoms with van der Waals surface area (Å²) in [7, 11) is 1.33. The van der Waals surface area contributed by atoms with Crippen molar-refractivity contribution in [2.75, 3.05) is 7.11 Å². The molecule has 82 valence electrons. The lowest BCUT2D eigenvalue weighted by Crippen LogP contribution is -2.23. The highest BCUT2D eigenvalue weighted by molar-refractivity contribution is 5.72. The summed E-state index contributed by atoms with van der Waals surface area (Å²) in [5, 5.41) is 0. The Balaban J connectivity index is 3.60. The fourth-order valence-electron chi connectivity index (χ4n) is 0.872. The van der Waals surface area contributed by atoms with Gasteiger partial charge in [0.15, 0.2) is 0 Å². The Morgan fingerprint density at radius 2 is 1.57 bits per heavy atom. The number of rotatable bonds is 4. The number of carbonyl (C=O) groups is 2. The van der Waals surface area contributed by atoms with Crippen molar-refractivity contribution < 1.29 is 19.1 Å². The zero-order valence-corrected chi connectivity index (χ0v) is 9.25. The van der Waals surface area contributed by atoms with Gasteiger partial charge in [0.25, 0.3) is 0 Å². The molecule has 0 saturated heterocycles. The van der Waals surface area contributed by atoms with Crippen molar-refractivity contribution in [3.8, 4) is 0 Å². The van der Waals surface area contributed by atoms with Gasteiger partial charge in [-0.2, -0.15) is 0 Å². The summed E-state index contributed by atoms with van der Waals surface area (Å²) < 4.78 is 9.50. The Labute approximate surface area is 84.6 Å². The van der Waals surface area contributed by atoms with Crippen LogP contribution in [0.2, 0.25) is 0 Å². The maximum Gasteiger partial charge on any atom is 0.306 e. The molecule has 0 saturated carbocycles. The molecule has 0 aromatic carbocycles. The minimum Gasteiger partial charge on any atom is -0.469 e. The summed E-state index contributed by atoms with van der Waals surface area (Å²) >= 11 is 0. The monoisotopic (exact) mass is 202 g/mol. The summed E-state index contributed by atoms with van der Waals surface area (Å²) in [4.78, 5) is 21.9. The van der Waals surface area contributed by atoms with Gasteiger partial charge in [-0.15, -0.1) is 0 Å². The third-order valence-electron chi connectivity index (χ3n) is 1.41. The fourth-order valence-corrected chi connectivity index (χ4v) is 0.872. The van der Waals surface area contributed by atoms with Crippen molar-refractivity contribution in [1.82, 2.24) is 0 Å². The molecule has 0 spiro atoms. The molecule has 0 aliphatic rings. The van der Waals surface area contributed by atoms with E-state index in [0.717, 1.165) is 0 Å². The average molecular weight is 202 g/mol. The SMILES string of the molecule is COC(=O)CCCC(=O)OC(C)(C)C. The van der Waals surface area contributed by atoms with Gasteiger partial charge >= 0.3 is 11.9 Å². The summed E-state index contributed by atoms with van der Waals surface area (Å²) in [5.41, 5.74) is -0.456. The molecule has 4 heteroatoms. The Morgan fingerprint density at radius 1 is 1.07 bits per heavy atom. The highest BCUT2D eigenvalue weighted by Gasteiger charge is 2.16. The van der Waals surface area contributed by atoms with Crippen molar-refractivity contribution in [2.24, 2.45) is 0 Å². The fraction of sp³-hybridized carbons (Fsp3) is 0.800. The van der Waals surface area contributed by atoms with E-state index in [4.69, 9.17) is 4.74 Å². The van der Waals surface area contributed by atoms with Crippen LogP contribution in [-0.2, 0) is 19.1 Å². The van der Waals surface area contributed by atoms with Crippen molar-refractivity contribution in [1.29, 1.82) is 0 Å². The first kappa shape index (κ1) is 12.9. The van der Waals surface area contributed by atoms with Gasteiger partial charge in [0, 0.05) is 12.8 Å². The van der Waals surface area contributed by atoms with Crippen LogP contribution < -0.4 is 0 Å². The first-order valence-electron chi connectivity index (χ1n) is 4.64. The number of methoxy groups -OCH3 is 1. The molecule has 0 amide bonds. The molecule has 0 unspecified atom stereocenters. The van der Waals surface area contributed by atoms with Gasteiger partial charge in [-0.3, -0.25) is 9.59 Å². The van der Waals surface area contributed by atoms with Gasteiger partial charge in [-0.05, 0) is 27.2 Å². The van der Waals surface area contributed by atoms with E-state index in [1.54, 1.807) is 0 Å². The Kier molecular flexibility index (Phi) is 5.20. The van der Waals surface area contributed by atoms with Crippen LogP contribution in [0.25, 0.3) is 0 Å². The van der Waals surface area contributed by atoms with E-state index in [-0.39, 0.29) is 24.8 Å². The number of ether oxygens (including phenoxy) is 2. The van der Waals surface area contributed by atoms with Crippen LogP contribution in [0, 0.1) is 0 Å². The second-order valence-electron chi connectivity index (χ2n) is 4.02. The van der Waals surface area contributed by atoms with Gasteiger partial charge in [-0.25, -0.2) is 0 Å². The molecule has 14 heavy (non-hydrogen) atoms. The standard InChI is InChI=1S/C10H18O4/c1-10(2,3)14-9(12)7-5-6-8(11)13-4/h5-7H2,1-4H3. The van der Waals surface area contributed by atoms with Gasteiger partial charge in [0.2, 0.25) is 0 Å². The van der Waals surface area contributed by atoms with Gasteiger partial charge in [-0.1, -0.05) is 0 Å². The van der Waals surface area contributed by atoms with E-state index >= 15 is 0 Å². The number of hydrogen-bond acceptors (Lipinski definition) is 4. The first-order chi connectivity index (χ1) is 6.35. The molecule has 0 rings (SSSR count). The van der Waals surface area contributed by atoms with E-state index in [2.05, 4.69) is 4.74 Å². The molecule has 0 aliphatic carbocycles. The van der Waals surface area contributed by atoms with Crippen molar-refractivity contribution in [3.05, 3.63) is 0 Å². The Bertz CT molecular complexity index is 203. The zero-order valence-electron chi connectivity index (χ0n) is 9.25. The number of hydrogen-bond donors (Lipinski definition) is 0. The lowest BCUT2D eigenvalue weighted by atomic mass is 10.2. The maximum absolute atomic E-state index is 11.2. The molecular formula is C10H18O4. The van der Waals surface area contributed by atoms with Crippen molar-refractivity contribution in [3.63, 3.8) is 0 Å². The van der Waals surface area contributed by atoms with Crippen LogP contribution in [0.5, 0.6) is 0 Å². The van der Waals surface area contributed by atoms with Crippen LogP contribution in [0.15, 0.2) is 0 Å². The van der Waals surface area contributed by atoms with Gasteiger partial charge in [0.1, 0.15) is 5.60 Å². The van der Waals surface area contributed by atoms with Crippen LogP contribution >= 0.6 is 0 Å². The first-order valence-corrected chi connectivity index (χ1v) is 4.64. The highest BCUT2D eigenvalue weighted by atomic mass is 16.6. The lowest BCUT2D eigenvalue weighted by Gasteiger charge is -2.19. The Morgan fingerprint density at radius 3 is 2.00 bits per heavy atom. The summed E-state index contributed by atoms with van der Waals surface area (Å²) in [6, 6.07) is 0. The van der Waals surface area contributed by atoms with E-state index in [9.17, 15) is 9.59 Å². The molecular weight excluding hydrogens is 184 g/mol. The Hall–Kier alpha value is -1.06. The van der Waals surface area contributed by atoms with E-state index < -0.39 is 5.60 Å². The quantitative estimate of drug-likeness (QED) is 0.651. The molecule has 0 aliphatic heterocycles. The van der Waals surface area contributed by atoms with Crippen LogP contribution in [-0.4, -0.2) is 24.6 Å². The molecule has 0 fully saturated rings. The molecule has 0 aromatic heterocycles. The van der Waals surface area contributed by atoms with Gasteiger partial charge in [0.05, 0.1) is 7.11 Å². The normalized spacial score (nSPS) is 10.9. The summed E-state index contributed by atoms with van der Waals surface area (Å²) in [5.74, 6) is -0.574. The predicted octanol–water partition coefficient (Wildman–Crippen LogP) is 1.67. The summed E-state index contributed by atoms with van der Waals surface area (Å²) in [6.07, 6.45) is 0.990. The van der Waals surface area contributed by atoms with Crippen LogP contribution in [0.3, 0.4) is 0 Å². The molecule has 0 N–H and O–H groups in total. The topological polar surface area (TPSA) is 52.6 Å². The molecule has 0 bridgehead atoms. The highest BCUT2D eigenvalue weighted by Crippen LogP contribution is 2.09. The third kappa shape index (κ3) is 7.58. The van der Waals surface area contributed by atoms with Crippen molar-refractivity contribution >= 4 is 11.9 Å². The average Bonchev–Trinajstić information content (AvgIpc) is 2.00. The van der Waals surface area contributed by atoms with E-state index in [1.807, 2.05) is 20.8 Å². The van der Waals surface area contributed by atoms with Crippen molar-refractivity contribution in [2.45, 2.75) is 45.6 Å². The zero-order chi connectivity index (χ0) is 11.2. The summed E-state index contributed by atoms with van der Waals surface area (Å²) in [6.45, 7) is 5.43. The minimum absolute atomic E-state index is 0.256. The predicted molar refractivity (Wildman–Crippen MR) is 51.7 cm³/mol.